The lowest BCUT2D eigenvalue weighted by Crippen LogP contribution is -2.31. The molecule has 0 bridgehead atoms. The second-order valence-corrected chi connectivity index (χ2v) is 9.41. The van der Waals surface area contributed by atoms with Crippen LogP contribution in [0.4, 0.5) is 0 Å². The average Bonchev–Trinajstić information content (AvgIpc) is 3.35. The van der Waals surface area contributed by atoms with E-state index in [0.29, 0.717) is 11.2 Å². The average molecular weight is 396 g/mol. The van der Waals surface area contributed by atoms with Crippen molar-refractivity contribution in [3.63, 3.8) is 0 Å². The monoisotopic (exact) mass is 395 g/mol. The van der Waals surface area contributed by atoms with Crippen molar-refractivity contribution in [2.45, 2.75) is 41.9 Å². The molecule has 1 amide bonds. The molecule has 1 aromatic carbocycles. The summed E-state index contributed by atoms with van der Waals surface area (Å²) in [4.78, 5) is 14.4. The van der Waals surface area contributed by atoms with E-state index in [1.54, 1.807) is 40.9 Å². The molecule has 0 N–H and O–H groups in total. The number of benzene rings is 1. The number of nitrogens with zero attached hydrogens (tertiary/aromatic N) is 5. The highest BCUT2D eigenvalue weighted by atomic mass is 32.2. The lowest BCUT2D eigenvalue weighted by molar-refractivity contribution is -0.128. The molecule has 2 aromatic rings. The van der Waals surface area contributed by atoms with Crippen LogP contribution in [0.2, 0.25) is 0 Å². The molecule has 26 heavy (non-hydrogen) atoms. The van der Waals surface area contributed by atoms with Crippen molar-refractivity contribution in [1.29, 1.82) is 0 Å². The van der Waals surface area contributed by atoms with Crippen molar-refractivity contribution < 1.29 is 13.2 Å². The summed E-state index contributed by atoms with van der Waals surface area (Å²) in [5.41, 5.74) is 0.876. The third-order valence-electron chi connectivity index (χ3n) is 4.45. The summed E-state index contributed by atoms with van der Waals surface area (Å²) in [7, 11) is -1.49. The van der Waals surface area contributed by atoms with Crippen LogP contribution in [0, 0.1) is 0 Å². The largest absolute Gasteiger partial charge is 0.338 e. The molecular weight excluding hydrogens is 374 g/mol. The first-order chi connectivity index (χ1) is 12.3. The topological polar surface area (TPSA) is 98.1 Å². The first kappa shape index (κ1) is 18.8. The van der Waals surface area contributed by atoms with E-state index in [4.69, 9.17) is 0 Å². The smallest absolute Gasteiger partial charge is 0.233 e. The van der Waals surface area contributed by atoms with Crippen molar-refractivity contribution in [3.05, 3.63) is 29.8 Å². The molecule has 1 atom stereocenters. The van der Waals surface area contributed by atoms with Crippen LogP contribution < -0.4 is 0 Å². The van der Waals surface area contributed by atoms with Crippen molar-refractivity contribution in [2.75, 3.05) is 19.1 Å². The first-order valence-electron chi connectivity index (χ1n) is 8.23. The predicted octanol–water partition coefficient (Wildman–Crippen LogP) is 1.72. The van der Waals surface area contributed by atoms with Crippen LogP contribution in [0.15, 0.2) is 34.3 Å². The Morgan fingerprint density at radius 3 is 2.58 bits per heavy atom. The summed E-state index contributed by atoms with van der Waals surface area (Å²) in [6.45, 7) is 1.91. The fraction of sp³-hybridized carbons (Fsp3) is 0.500. The molecule has 140 valence electrons. The molecule has 1 fully saturated rings. The number of hydrogen-bond donors (Lipinski definition) is 0. The third-order valence-corrected chi connectivity index (χ3v) is 6.49. The van der Waals surface area contributed by atoms with Gasteiger partial charge in [0.1, 0.15) is 0 Å². The van der Waals surface area contributed by atoms with Crippen LogP contribution >= 0.6 is 11.8 Å². The van der Waals surface area contributed by atoms with E-state index in [0.717, 1.165) is 18.4 Å². The molecule has 0 spiro atoms. The minimum Gasteiger partial charge on any atom is -0.338 e. The molecule has 1 aromatic heterocycles. The van der Waals surface area contributed by atoms with Gasteiger partial charge in [-0.05, 0) is 47.9 Å². The Hall–Kier alpha value is -1.94. The second kappa shape index (κ2) is 7.36. The van der Waals surface area contributed by atoms with Gasteiger partial charge < -0.3 is 4.90 Å². The summed E-state index contributed by atoms with van der Waals surface area (Å²) in [6.07, 6.45) is 3.33. The Kier molecular flexibility index (Phi) is 5.33. The molecule has 1 heterocycles. The molecule has 0 unspecified atom stereocenters. The lowest BCUT2D eigenvalue weighted by atomic mass is 10.1. The number of aromatic nitrogens is 4. The van der Waals surface area contributed by atoms with Gasteiger partial charge in [0.15, 0.2) is 9.84 Å². The van der Waals surface area contributed by atoms with Crippen LogP contribution in [-0.4, -0.2) is 58.5 Å². The lowest BCUT2D eigenvalue weighted by Gasteiger charge is -2.25. The molecular formula is C16H21N5O3S2. The predicted molar refractivity (Wildman–Crippen MR) is 97.5 cm³/mol. The van der Waals surface area contributed by atoms with Crippen LogP contribution in [0.1, 0.15) is 37.4 Å². The number of rotatable bonds is 7. The number of carbonyl (C=O) groups excluding carboxylic acids is 1. The van der Waals surface area contributed by atoms with Crippen molar-refractivity contribution in [1.82, 2.24) is 25.1 Å². The SMILES string of the molecule is C[C@@H](c1ccc(S(C)(=O)=O)cc1)N(C)C(=O)CSc1nnnn1C1CC1. The summed E-state index contributed by atoms with van der Waals surface area (Å²) < 4.78 is 24.9. The van der Waals surface area contributed by atoms with Gasteiger partial charge in [-0.15, -0.1) is 5.10 Å². The number of amides is 1. The highest BCUT2D eigenvalue weighted by Gasteiger charge is 2.28. The maximum Gasteiger partial charge on any atom is 0.233 e. The molecule has 1 saturated carbocycles. The Morgan fingerprint density at radius 2 is 2.00 bits per heavy atom. The number of tetrazole rings is 1. The van der Waals surface area contributed by atoms with Crippen molar-refractivity contribution >= 4 is 27.5 Å². The summed E-state index contributed by atoms with van der Waals surface area (Å²) in [5, 5.41) is 12.3. The zero-order valence-electron chi connectivity index (χ0n) is 14.9. The molecule has 10 heteroatoms. The van der Waals surface area contributed by atoms with E-state index in [1.165, 1.54) is 18.0 Å². The number of sulfone groups is 1. The van der Waals surface area contributed by atoms with E-state index in [9.17, 15) is 13.2 Å². The molecule has 0 aliphatic heterocycles. The van der Waals surface area contributed by atoms with Crippen molar-refractivity contribution in [3.8, 4) is 0 Å². The Labute approximate surface area is 156 Å². The molecule has 1 aliphatic carbocycles. The van der Waals surface area contributed by atoms with Gasteiger partial charge in [0.05, 0.1) is 22.7 Å². The summed E-state index contributed by atoms with van der Waals surface area (Å²) >= 11 is 1.33. The second-order valence-electron chi connectivity index (χ2n) is 6.45. The van der Waals surface area contributed by atoms with Gasteiger partial charge >= 0.3 is 0 Å². The van der Waals surface area contributed by atoms with E-state index in [2.05, 4.69) is 15.5 Å². The Balaban J connectivity index is 1.61. The van der Waals surface area contributed by atoms with Gasteiger partial charge in [-0.3, -0.25) is 4.79 Å². The molecule has 1 aliphatic rings. The van der Waals surface area contributed by atoms with Crippen LogP contribution in [0.25, 0.3) is 0 Å². The van der Waals surface area contributed by atoms with Gasteiger partial charge in [-0.2, -0.15) is 0 Å². The number of carbonyl (C=O) groups is 1. The fourth-order valence-electron chi connectivity index (χ4n) is 2.49. The van der Waals surface area contributed by atoms with E-state index in [1.807, 2.05) is 6.92 Å². The van der Waals surface area contributed by atoms with Crippen LogP contribution in [-0.2, 0) is 14.6 Å². The molecule has 0 saturated heterocycles. The van der Waals surface area contributed by atoms with Crippen LogP contribution in [0.3, 0.4) is 0 Å². The number of thioether (sulfide) groups is 1. The Morgan fingerprint density at radius 1 is 1.35 bits per heavy atom. The maximum absolute atomic E-state index is 12.5. The van der Waals surface area contributed by atoms with E-state index in [-0.39, 0.29) is 22.6 Å². The maximum atomic E-state index is 12.5. The van der Waals surface area contributed by atoms with Crippen molar-refractivity contribution in [2.24, 2.45) is 0 Å². The highest BCUT2D eigenvalue weighted by molar-refractivity contribution is 7.99. The minimum atomic E-state index is -3.23. The minimum absolute atomic E-state index is 0.0416. The van der Waals surface area contributed by atoms with Gasteiger partial charge in [-0.1, -0.05) is 23.9 Å². The van der Waals surface area contributed by atoms with Gasteiger partial charge in [0.2, 0.25) is 11.1 Å². The zero-order valence-corrected chi connectivity index (χ0v) is 16.5. The Bertz CT molecular complexity index is 891. The van der Waals surface area contributed by atoms with E-state index >= 15 is 0 Å². The normalized spacial score (nSPS) is 15.7. The van der Waals surface area contributed by atoms with Gasteiger partial charge in [-0.25, -0.2) is 13.1 Å². The fourth-order valence-corrected chi connectivity index (χ4v) is 3.99. The quantitative estimate of drug-likeness (QED) is 0.658. The number of hydrogen-bond acceptors (Lipinski definition) is 7. The third kappa shape index (κ3) is 4.24. The standard InChI is InChI=1S/C16H21N5O3S2/c1-11(12-4-8-14(9-5-12)26(3,23)24)20(2)15(22)10-25-16-17-18-19-21(16)13-6-7-13/h4-5,8-9,11,13H,6-7,10H2,1-3H3/t11-/m0/s1. The molecule has 8 nitrogen and oxygen atoms in total. The van der Waals surface area contributed by atoms with Gasteiger partial charge in [0.25, 0.3) is 0 Å². The van der Waals surface area contributed by atoms with Crippen LogP contribution in [0.5, 0.6) is 0 Å². The highest BCUT2D eigenvalue weighted by Crippen LogP contribution is 2.36. The first-order valence-corrected chi connectivity index (χ1v) is 11.1. The van der Waals surface area contributed by atoms with E-state index < -0.39 is 9.84 Å². The summed E-state index contributed by atoms with van der Waals surface area (Å²) in [6, 6.07) is 6.82. The zero-order chi connectivity index (χ0) is 18.9. The molecule has 0 radical (unpaired) electrons. The summed E-state index contributed by atoms with van der Waals surface area (Å²) in [5.74, 6) is 0.204. The molecule has 3 rings (SSSR count). The van der Waals surface area contributed by atoms with Gasteiger partial charge in [0, 0.05) is 13.3 Å².